The molecule has 0 saturated heterocycles. The lowest BCUT2D eigenvalue weighted by atomic mass is 10.1. The van der Waals surface area contributed by atoms with Crippen LogP contribution in [-0.4, -0.2) is 33.6 Å². The molecular formula is C17H12IN3O5. The zero-order valence-electron chi connectivity index (χ0n) is 13.4. The molecule has 1 N–H and O–H groups in total. The van der Waals surface area contributed by atoms with E-state index in [1.807, 2.05) is 0 Å². The van der Waals surface area contributed by atoms with Crippen molar-refractivity contribution in [1.29, 1.82) is 0 Å². The number of hydrogen-bond donors (Lipinski definition) is 1. The summed E-state index contributed by atoms with van der Waals surface area (Å²) in [6, 6.07) is 9.69. The number of hydrogen-bond acceptors (Lipinski definition) is 5. The molecule has 0 unspecified atom stereocenters. The van der Waals surface area contributed by atoms with Gasteiger partial charge in [0, 0.05) is 15.3 Å². The molecule has 2 aromatic rings. The fourth-order valence-corrected chi connectivity index (χ4v) is 3.05. The van der Waals surface area contributed by atoms with Crippen molar-refractivity contribution in [2.75, 3.05) is 5.32 Å². The van der Waals surface area contributed by atoms with Gasteiger partial charge in [0.05, 0.1) is 10.5 Å². The number of carbonyl (C=O) groups excluding carboxylic acids is 3. The van der Waals surface area contributed by atoms with Gasteiger partial charge in [0.15, 0.2) is 0 Å². The minimum absolute atomic E-state index is 0.0712. The molecule has 0 saturated carbocycles. The zero-order chi connectivity index (χ0) is 19.0. The summed E-state index contributed by atoms with van der Waals surface area (Å²) in [5.41, 5.74) is -0.284. The van der Waals surface area contributed by atoms with Crippen LogP contribution in [0.2, 0.25) is 0 Å². The SMILES string of the molecule is C[C@@H](C(=O)Nc1ccc(I)cc1)N1C(=O)c2cccc([N+](=O)[O-])c2C1=O. The molecule has 0 radical (unpaired) electrons. The maximum atomic E-state index is 12.6. The number of nitrogens with one attached hydrogen (secondary N) is 1. The third-order valence-electron chi connectivity index (χ3n) is 4.00. The van der Waals surface area contributed by atoms with Crippen molar-refractivity contribution < 1.29 is 19.3 Å². The number of nitro benzene ring substituents is 1. The first kappa shape index (κ1) is 18.0. The van der Waals surface area contributed by atoms with Crippen LogP contribution in [0.1, 0.15) is 27.6 Å². The van der Waals surface area contributed by atoms with Crippen LogP contribution in [0.25, 0.3) is 0 Å². The summed E-state index contributed by atoms with van der Waals surface area (Å²) < 4.78 is 0.987. The van der Waals surface area contributed by atoms with Crippen molar-refractivity contribution in [3.63, 3.8) is 0 Å². The molecule has 1 heterocycles. The van der Waals surface area contributed by atoms with Crippen molar-refractivity contribution in [1.82, 2.24) is 4.90 Å². The molecule has 8 nitrogen and oxygen atoms in total. The van der Waals surface area contributed by atoms with Crippen molar-refractivity contribution in [3.8, 4) is 0 Å². The smallest absolute Gasteiger partial charge is 0.282 e. The van der Waals surface area contributed by atoms with E-state index in [1.165, 1.54) is 19.1 Å². The lowest BCUT2D eigenvalue weighted by Crippen LogP contribution is -2.45. The highest BCUT2D eigenvalue weighted by molar-refractivity contribution is 14.1. The van der Waals surface area contributed by atoms with E-state index < -0.39 is 34.4 Å². The Morgan fingerprint density at radius 3 is 2.42 bits per heavy atom. The number of benzene rings is 2. The number of nitro groups is 1. The summed E-state index contributed by atoms with van der Waals surface area (Å²) in [5.74, 6) is -2.13. The van der Waals surface area contributed by atoms with E-state index in [0.717, 1.165) is 14.5 Å². The summed E-state index contributed by atoms with van der Waals surface area (Å²) >= 11 is 2.12. The maximum Gasteiger partial charge on any atom is 0.282 e. The Labute approximate surface area is 161 Å². The van der Waals surface area contributed by atoms with Crippen LogP contribution in [0.15, 0.2) is 42.5 Å². The molecule has 2 aromatic carbocycles. The molecule has 0 aliphatic carbocycles. The molecule has 26 heavy (non-hydrogen) atoms. The summed E-state index contributed by atoms with van der Waals surface area (Å²) in [5, 5.41) is 13.8. The number of amides is 3. The average molecular weight is 465 g/mol. The van der Waals surface area contributed by atoms with Crippen LogP contribution >= 0.6 is 22.6 Å². The highest BCUT2D eigenvalue weighted by Crippen LogP contribution is 2.32. The standard InChI is InChI=1S/C17H12IN3O5/c1-9(15(22)19-11-7-5-10(18)6-8-11)20-16(23)12-3-2-4-13(21(25)26)14(12)17(20)24/h2-9H,1H3,(H,19,22)/t9-/m0/s1. The fourth-order valence-electron chi connectivity index (χ4n) is 2.69. The molecule has 3 rings (SSSR count). The van der Waals surface area contributed by atoms with Crippen molar-refractivity contribution in [2.45, 2.75) is 13.0 Å². The highest BCUT2D eigenvalue weighted by Gasteiger charge is 2.44. The van der Waals surface area contributed by atoms with Crippen LogP contribution in [0.4, 0.5) is 11.4 Å². The summed E-state index contributed by atoms with van der Waals surface area (Å²) in [7, 11) is 0. The molecule has 0 spiro atoms. The normalized spacial score (nSPS) is 14.2. The van der Waals surface area contributed by atoms with Gasteiger partial charge in [-0.1, -0.05) is 6.07 Å². The molecule has 0 aromatic heterocycles. The van der Waals surface area contributed by atoms with Gasteiger partial charge in [0.2, 0.25) is 5.91 Å². The van der Waals surface area contributed by atoms with Crippen LogP contribution in [0, 0.1) is 13.7 Å². The Kier molecular flexibility index (Phi) is 4.72. The quantitative estimate of drug-likeness (QED) is 0.323. The van der Waals surface area contributed by atoms with Gasteiger partial charge in [-0.15, -0.1) is 0 Å². The van der Waals surface area contributed by atoms with Gasteiger partial charge < -0.3 is 5.32 Å². The van der Waals surface area contributed by atoms with Crippen LogP contribution in [0.5, 0.6) is 0 Å². The molecule has 1 aliphatic rings. The summed E-state index contributed by atoms with van der Waals surface area (Å²) in [6.45, 7) is 1.40. The first-order chi connectivity index (χ1) is 12.3. The molecule has 1 atom stereocenters. The number of anilines is 1. The number of rotatable bonds is 4. The monoisotopic (exact) mass is 465 g/mol. The third kappa shape index (κ3) is 3.05. The molecule has 0 bridgehead atoms. The van der Waals surface area contributed by atoms with Gasteiger partial charge >= 0.3 is 0 Å². The lowest BCUT2D eigenvalue weighted by molar-refractivity contribution is -0.385. The van der Waals surface area contributed by atoms with Crippen molar-refractivity contribution in [2.24, 2.45) is 0 Å². The van der Waals surface area contributed by atoms with E-state index in [4.69, 9.17) is 0 Å². The van der Waals surface area contributed by atoms with E-state index in [1.54, 1.807) is 24.3 Å². The Hall–Kier alpha value is -2.82. The fraction of sp³-hybridized carbons (Fsp3) is 0.118. The number of carbonyl (C=O) groups is 3. The van der Waals surface area contributed by atoms with Crippen LogP contribution in [0.3, 0.4) is 0 Å². The Bertz CT molecular complexity index is 942. The number of imide groups is 1. The molecule has 132 valence electrons. The van der Waals surface area contributed by atoms with Crippen molar-refractivity contribution >= 4 is 51.7 Å². The maximum absolute atomic E-state index is 12.6. The molecule has 3 amide bonds. The van der Waals surface area contributed by atoms with Crippen LogP contribution < -0.4 is 5.32 Å². The Morgan fingerprint density at radius 2 is 1.81 bits per heavy atom. The highest BCUT2D eigenvalue weighted by atomic mass is 127. The third-order valence-corrected chi connectivity index (χ3v) is 4.72. The predicted molar refractivity (Wildman–Crippen MR) is 101 cm³/mol. The first-order valence-corrected chi connectivity index (χ1v) is 8.61. The van der Waals surface area contributed by atoms with Crippen molar-refractivity contribution in [3.05, 3.63) is 67.3 Å². The van der Waals surface area contributed by atoms with Gasteiger partial charge in [-0.2, -0.15) is 0 Å². The van der Waals surface area contributed by atoms with E-state index in [-0.39, 0.29) is 11.1 Å². The number of nitrogens with zero attached hydrogens (tertiary/aromatic N) is 2. The minimum Gasteiger partial charge on any atom is -0.324 e. The lowest BCUT2D eigenvalue weighted by Gasteiger charge is -2.21. The van der Waals surface area contributed by atoms with Gasteiger partial charge in [0.25, 0.3) is 17.5 Å². The molecule has 0 fully saturated rings. The second-order valence-corrected chi connectivity index (χ2v) is 6.85. The molecular weight excluding hydrogens is 453 g/mol. The van der Waals surface area contributed by atoms with Gasteiger partial charge in [-0.05, 0) is 59.8 Å². The summed E-state index contributed by atoms with van der Waals surface area (Å²) in [6.07, 6.45) is 0. The Morgan fingerprint density at radius 1 is 1.15 bits per heavy atom. The van der Waals surface area contributed by atoms with Gasteiger partial charge in [-0.25, -0.2) is 0 Å². The molecule has 1 aliphatic heterocycles. The zero-order valence-corrected chi connectivity index (χ0v) is 15.6. The van der Waals surface area contributed by atoms with E-state index >= 15 is 0 Å². The number of halogens is 1. The molecule has 9 heteroatoms. The largest absolute Gasteiger partial charge is 0.324 e. The second kappa shape index (κ2) is 6.83. The predicted octanol–water partition coefficient (Wildman–Crippen LogP) is 2.82. The summed E-state index contributed by atoms with van der Waals surface area (Å²) in [4.78, 5) is 48.7. The van der Waals surface area contributed by atoms with E-state index in [2.05, 4.69) is 27.9 Å². The number of fused-ring (bicyclic) bond motifs is 1. The van der Waals surface area contributed by atoms with Gasteiger partial charge in [0.1, 0.15) is 11.6 Å². The Balaban J connectivity index is 1.87. The van der Waals surface area contributed by atoms with E-state index in [9.17, 15) is 24.5 Å². The van der Waals surface area contributed by atoms with Crippen LogP contribution in [-0.2, 0) is 4.79 Å². The topological polar surface area (TPSA) is 110 Å². The minimum atomic E-state index is -1.12. The second-order valence-electron chi connectivity index (χ2n) is 5.61. The first-order valence-electron chi connectivity index (χ1n) is 7.53. The van der Waals surface area contributed by atoms with Gasteiger partial charge in [-0.3, -0.25) is 29.4 Å². The average Bonchev–Trinajstić information content (AvgIpc) is 2.87. The van der Waals surface area contributed by atoms with E-state index in [0.29, 0.717) is 5.69 Å².